The Morgan fingerprint density at radius 3 is 3.00 bits per heavy atom. The topological polar surface area (TPSA) is 35.2 Å². The summed E-state index contributed by atoms with van der Waals surface area (Å²) >= 11 is 0. The SMILES string of the molecule is CCC(CN)CC1COc2ccccc21. The first-order chi connectivity index (χ1) is 7.35. The lowest BCUT2D eigenvalue weighted by Crippen LogP contribution is -2.17. The molecule has 0 saturated carbocycles. The third-order valence-electron chi connectivity index (χ3n) is 3.33. The van der Waals surface area contributed by atoms with E-state index < -0.39 is 0 Å². The highest BCUT2D eigenvalue weighted by atomic mass is 16.5. The molecule has 2 rings (SSSR count). The minimum Gasteiger partial charge on any atom is -0.493 e. The molecule has 2 atom stereocenters. The summed E-state index contributed by atoms with van der Waals surface area (Å²) in [4.78, 5) is 0. The van der Waals surface area contributed by atoms with Crippen molar-refractivity contribution in [1.82, 2.24) is 0 Å². The number of nitrogens with two attached hydrogens (primary N) is 1. The van der Waals surface area contributed by atoms with Crippen LogP contribution in [0.2, 0.25) is 0 Å². The molecule has 1 aromatic carbocycles. The van der Waals surface area contributed by atoms with Crippen LogP contribution in [0.5, 0.6) is 5.75 Å². The number of hydrogen-bond donors (Lipinski definition) is 1. The maximum atomic E-state index is 5.74. The van der Waals surface area contributed by atoms with Crippen molar-refractivity contribution in [3.63, 3.8) is 0 Å². The minimum atomic E-state index is 0.551. The molecular weight excluding hydrogens is 186 g/mol. The molecule has 1 aromatic rings. The van der Waals surface area contributed by atoms with Crippen LogP contribution in [0.4, 0.5) is 0 Å². The van der Waals surface area contributed by atoms with Gasteiger partial charge in [0.15, 0.2) is 0 Å². The highest BCUT2D eigenvalue weighted by Gasteiger charge is 2.25. The first-order valence-corrected chi connectivity index (χ1v) is 5.77. The van der Waals surface area contributed by atoms with Crippen molar-refractivity contribution in [2.75, 3.05) is 13.2 Å². The molecule has 0 radical (unpaired) electrons. The van der Waals surface area contributed by atoms with Crippen LogP contribution in [-0.4, -0.2) is 13.2 Å². The molecular formula is C13H19NO. The summed E-state index contributed by atoms with van der Waals surface area (Å²) in [6.45, 7) is 3.82. The summed E-state index contributed by atoms with van der Waals surface area (Å²) in [5.41, 5.74) is 7.11. The fourth-order valence-corrected chi connectivity index (χ4v) is 2.26. The Morgan fingerprint density at radius 1 is 1.47 bits per heavy atom. The van der Waals surface area contributed by atoms with E-state index in [9.17, 15) is 0 Å². The maximum absolute atomic E-state index is 5.74. The molecule has 1 aliphatic heterocycles. The van der Waals surface area contributed by atoms with E-state index in [2.05, 4.69) is 25.1 Å². The highest BCUT2D eigenvalue weighted by molar-refractivity contribution is 5.39. The van der Waals surface area contributed by atoms with Crippen molar-refractivity contribution in [3.8, 4) is 5.75 Å². The van der Waals surface area contributed by atoms with Crippen molar-refractivity contribution >= 4 is 0 Å². The highest BCUT2D eigenvalue weighted by Crippen LogP contribution is 2.37. The molecule has 2 nitrogen and oxygen atoms in total. The second kappa shape index (κ2) is 4.67. The molecule has 0 saturated heterocycles. The Kier molecular flexibility index (Phi) is 3.27. The van der Waals surface area contributed by atoms with Gasteiger partial charge in [-0.3, -0.25) is 0 Å². The molecule has 0 spiro atoms. The van der Waals surface area contributed by atoms with Gasteiger partial charge in [0.1, 0.15) is 5.75 Å². The summed E-state index contributed by atoms with van der Waals surface area (Å²) < 4.78 is 5.66. The van der Waals surface area contributed by atoms with E-state index in [-0.39, 0.29) is 0 Å². The third kappa shape index (κ3) is 2.15. The van der Waals surface area contributed by atoms with Crippen LogP contribution >= 0.6 is 0 Å². The van der Waals surface area contributed by atoms with Gasteiger partial charge in [-0.25, -0.2) is 0 Å². The predicted molar refractivity (Wildman–Crippen MR) is 62.1 cm³/mol. The lowest BCUT2D eigenvalue weighted by Gasteiger charge is -2.16. The lowest BCUT2D eigenvalue weighted by atomic mass is 9.89. The van der Waals surface area contributed by atoms with Gasteiger partial charge in [0.05, 0.1) is 6.61 Å². The van der Waals surface area contributed by atoms with E-state index in [1.807, 2.05) is 6.07 Å². The molecule has 15 heavy (non-hydrogen) atoms. The Labute approximate surface area is 91.4 Å². The summed E-state index contributed by atoms with van der Waals surface area (Å²) in [6, 6.07) is 8.35. The standard InChI is InChI=1S/C13H19NO/c1-2-10(8-14)7-11-9-15-13-6-4-3-5-12(11)13/h3-6,10-11H,2,7-9,14H2,1H3. The van der Waals surface area contributed by atoms with E-state index >= 15 is 0 Å². The minimum absolute atomic E-state index is 0.551. The molecule has 2 heteroatoms. The van der Waals surface area contributed by atoms with E-state index in [1.165, 1.54) is 5.56 Å². The van der Waals surface area contributed by atoms with E-state index in [0.29, 0.717) is 11.8 Å². The molecule has 0 amide bonds. The largest absolute Gasteiger partial charge is 0.493 e. The zero-order valence-electron chi connectivity index (χ0n) is 9.28. The van der Waals surface area contributed by atoms with Crippen molar-refractivity contribution < 1.29 is 4.74 Å². The van der Waals surface area contributed by atoms with Gasteiger partial charge in [0, 0.05) is 11.5 Å². The van der Waals surface area contributed by atoms with Crippen LogP contribution in [0.15, 0.2) is 24.3 Å². The van der Waals surface area contributed by atoms with Crippen molar-refractivity contribution in [2.45, 2.75) is 25.7 Å². The maximum Gasteiger partial charge on any atom is 0.122 e. The van der Waals surface area contributed by atoms with Gasteiger partial charge >= 0.3 is 0 Å². The van der Waals surface area contributed by atoms with E-state index in [1.54, 1.807) is 0 Å². The molecule has 0 aliphatic carbocycles. The fourth-order valence-electron chi connectivity index (χ4n) is 2.26. The van der Waals surface area contributed by atoms with Crippen molar-refractivity contribution in [1.29, 1.82) is 0 Å². The van der Waals surface area contributed by atoms with E-state index in [0.717, 1.165) is 31.7 Å². The fraction of sp³-hybridized carbons (Fsp3) is 0.538. The molecule has 82 valence electrons. The quantitative estimate of drug-likeness (QED) is 0.819. The van der Waals surface area contributed by atoms with Gasteiger partial charge in [-0.2, -0.15) is 0 Å². The van der Waals surface area contributed by atoms with Gasteiger partial charge in [-0.15, -0.1) is 0 Å². The van der Waals surface area contributed by atoms with E-state index in [4.69, 9.17) is 10.5 Å². The van der Waals surface area contributed by atoms with Crippen LogP contribution < -0.4 is 10.5 Å². The molecule has 1 heterocycles. The Bertz CT molecular complexity index is 320. The van der Waals surface area contributed by atoms with Crippen molar-refractivity contribution in [3.05, 3.63) is 29.8 Å². The zero-order chi connectivity index (χ0) is 10.7. The molecule has 2 N–H and O–H groups in total. The van der Waals surface area contributed by atoms with Crippen molar-refractivity contribution in [2.24, 2.45) is 11.7 Å². The normalized spacial score (nSPS) is 20.8. The Hall–Kier alpha value is -1.02. The van der Waals surface area contributed by atoms with Gasteiger partial charge in [0.2, 0.25) is 0 Å². The number of ether oxygens (including phenoxy) is 1. The Balaban J connectivity index is 2.07. The van der Waals surface area contributed by atoms with Crippen LogP contribution in [0.25, 0.3) is 0 Å². The molecule has 1 aliphatic rings. The summed E-state index contributed by atoms with van der Waals surface area (Å²) in [5, 5.41) is 0. The molecule has 0 fully saturated rings. The average Bonchev–Trinajstić information content (AvgIpc) is 2.69. The van der Waals surface area contributed by atoms with Gasteiger partial charge < -0.3 is 10.5 Å². The summed E-state index contributed by atoms with van der Waals surface area (Å²) in [6.07, 6.45) is 2.32. The van der Waals surface area contributed by atoms with Crippen LogP contribution in [0.1, 0.15) is 31.2 Å². The summed E-state index contributed by atoms with van der Waals surface area (Å²) in [7, 11) is 0. The van der Waals surface area contributed by atoms with Crippen LogP contribution in [-0.2, 0) is 0 Å². The number of fused-ring (bicyclic) bond motifs is 1. The third-order valence-corrected chi connectivity index (χ3v) is 3.33. The lowest BCUT2D eigenvalue weighted by molar-refractivity contribution is 0.305. The summed E-state index contributed by atoms with van der Waals surface area (Å²) in [5.74, 6) is 2.24. The molecule has 0 aromatic heterocycles. The first-order valence-electron chi connectivity index (χ1n) is 5.77. The number of rotatable bonds is 4. The van der Waals surface area contributed by atoms with Gasteiger partial charge in [-0.1, -0.05) is 31.5 Å². The Morgan fingerprint density at radius 2 is 2.27 bits per heavy atom. The van der Waals surface area contributed by atoms with Crippen LogP contribution in [0.3, 0.4) is 0 Å². The number of para-hydroxylation sites is 1. The number of benzene rings is 1. The first kappa shape index (κ1) is 10.5. The zero-order valence-corrected chi connectivity index (χ0v) is 9.28. The van der Waals surface area contributed by atoms with Crippen LogP contribution in [0, 0.1) is 5.92 Å². The van der Waals surface area contributed by atoms with Gasteiger partial charge in [0.25, 0.3) is 0 Å². The number of hydrogen-bond acceptors (Lipinski definition) is 2. The molecule has 2 unspecified atom stereocenters. The van der Waals surface area contributed by atoms with Gasteiger partial charge in [-0.05, 0) is 24.9 Å². The monoisotopic (exact) mass is 205 g/mol. The molecule has 0 bridgehead atoms. The second-order valence-corrected chi connectivity index (χ2v) is 4.29. The average molecular weight is 205 g/mol. The predicted octanol–water partition coefficient (Wildman–Crippen LogP) is 2.54. The second-order valence-electron chi connectivity index (χ2n) is 4.29. The smallest absolute Gasteiger partial charge is 0.122 e.